The fourth-order valence-electron chi connectivity index (χ4n) is 1.73. The zero-order valence-electron chi connectivity index (χ0n) is 10.4. The summed E-state index contributed by atoms with van der Waals surface area (Å²) < 4.78 is 18.0. The summed E-state index contributed by atoms with van der Waals surface area (Å²) in [4.78, 5) is 18.2. The van der Waals surface area contributed by atoms with Gasteiger partial charge in [0.2, 0.25) is 0 Å². The minimum Gasteiger partial charge on any atom is -0.506 e. The molecule has 0 amide bonds. The molecule has 2 aromatic rings. The summed E-state index contributed by atoms with van der Waals surface area (Å²) in [5, 5.41) is 10.3. The van der Waals surface area contributed by atoms with Gasteiger partial charge in [0.15, 0.2) is 5.75 Å². The van der Waals surface area contributed by atoms with E-state index in [1.54, 1.807) is 24.3 Å². The third kappa shape index (κ3) is 4.14. The Morgan fingerprint density at radius 2 is 1.59 bits per heavy atom. The molecule has 0 aliphatic rings. The summed E-state index contributed by atoms with van der Waals surface area (Å²) in [6.45, 7) is 0. The Labute approximate surface area is 159 Å². The van der Waals surface area contributed by atoms with Crippen molar-refractivity contribution in [2.75, 3.05) is 0 Å². The van der Waals surface area contributed by atoms with Crippen molar-refractivity contribution < 1.29 is 24.0 Å². The summed E-state index contributed by atoms with van der Waals surface area (Å²) in [5.41, 5.74) is 0.663. The lowest BCUT2D eigenvalue weighted by Crippen LogP contribution is -1.95. The van der Waals surface area contributed by atoms with Gasteiger partial charge in [-0.3, -0.25) is 9.79 Å². The van der Waals surface area contributed by atoms with Crippen LogP contribution in [-0.4, -0.2) is 14.9 Å². The number of hydrogen-bond acceptors (Lipinski definition) is 3. The van der Waals surface area contributed by atoms with Gasteiger partial charge in [-0.05, 0) is 72.1 Å². The van der Waals surface area contributed by atoms with Crippen molar-refractivity contribution in [1.82, 2.24) is 0 Å². The van der Waals surface area contributed by atoms with Crippen molar-refractivity contribution in [2.24, 2.45) is 0 Å². The molecule has 2 rings (SSSR count). The maximum absolute atomic E-state index is 11.2. The SMILES string of the molecule is O=P(O)(O)Oc1c(Br)cc(Br)cc1-c1ccc(Br)c(Br)c1O. The summed E-state index contributed by atoms with van der Waals surface area (Å²) in [7, 11) is -4.76. The predicted octanol–water partition coefficient (Wildman–Crippen LogP) is 5.58. The number of aromatic hydroxyl groups is 1. The molecule has 0 spiro atoms. The lowest BCUT2D eigenvalue weighted by molar-refractivity contribution is 0.283. The van der Waals surface area contributed by atoms with Crippen LogP contribution in [0.5, 0.6) is 11.5 Å². The molecule has 0 heterocycles. The standard InChI is InChI=1S/C12H7Br4O5P/c13-5-3-7(6-1-2-8(14)10(16)11(6)17)12(9(15)4-5)21-22(18,19)20/h1-4,17H,(H2,18,19,20). The highest BCUT2D eigenvalue weighted by molar-refractivity contribution is 9.13. The Balaban J connectivity index is 2.75. The van der Waals surface area contributed by atoms with Gasteiger partial charge in [0, 0.05) is 20.1 Å². The third-order valence-electron chi connectivity index (χ3n) is 2.58. The first-order chi connectivity index (χ1) is 10.1. The number of benzene rings is 2. The minimum atomic E-state index is -4.76. The number of phenolic OH excluding ortho intramolecular Hbond substituents is 1. The molecular formula is C12H7Br4O5P. The summed E-state index contributed by atoms with van der Waals surface area (Å²) >= 11 is 13.0. The Hall–Kier alpha value is 0.110. The van der Waals surface area contributed by atoms with Gasteiger partial charge in [-0.25, -0.2) is 4.57 Å². The van der Waals surface area contributed by atoms with Crippen LogP contribution >= 0.6 is 71.5 Å². The monoisotopic (exact) mass is 578 g/mol. The van der Waals surface area contributed by atoms with Gasteiger partial charge < -0.3 is 9.63 Å². The number of hydrogen-bond donors (Lipinski definition) is 3. The fourth-order valence-corrected chi connectivity index (χ4v) is 4.26. The second kappa shape index (κ2) is 6.93. The topological polar surface area (TPSA) is 87.0 Å². The Morgan fingerprint density at radius 3 is 2.18 bits per heavy atom. The first-order valence-electron chi connectivity index (χ1n) is 5.51. The van der Waals surface area contributed by atoms with Crippen molar-refractivity contribution in [2.45, 2.75) is 0 Å². The average molecular weight is 582 g/mol. The first-order valence-corrected chi connectivity index (χ1v) is 10.2. The normalized spacial score (nSPS) is 11.5. The molecule has 3 N–H and O–H groups in total. The van der Waals surface area contributed by atoms with Crippen LogP contribution in [-0.2, 0) is 4.57 Å². The summed E-state index contributed by atoms with van der Waals surface area (Å²) in [6, 6.07) is 6.46. The van der Waals surface area contributed by atoms with Gasteiger partial charge >= 0.3 is 7.82 Å². The molecule has 0 unspecified atom stereocenters. The number of rotatable bonds is 3. The Morgan fingerprint density at radius 1 is 0.955 bits per heavy atom. The molecule has 118 valence electrons. The van der Waals surface area contributed by atoms with Crippen LogP contribution in [0.15, 0.2) is 42.2 Å². The molecule has 2 aromatic carbocycles. The van der Waals surface area contributed by atoms with Crippen LogP contribution < -0.4 is 4.52 Å². The molecule has 0 fully saturated rings. The molecule has 0 saturated heterocycles. The van der Waals surface area contributed by atoms with E-state index < -0.39 is 7.82 Å². The fraction of sp³-hybridized carbons (Fsp3) is 0. The van der Waals surface area contributed by atoms with Gasteiger partial charge in [-0.15, -0.1) is 0 Å². The first kappa shape index (κ1) is 18.4. The molecule has 5 nitrogen and oxygen atoms in total. The molecule has 22 heavy (non-hydrogen) atoms. The van der Waals surface area contributed by atoms with Gasteiger partial charge in [0.1, 0.15) is 5.75 Å². The van der Waals surface area contributed by atoms with Gasteiger partial charge in [-0.1, -0.05) is 15.9 Å². The van der Waals surface area contributed by atoms with Crippen molar-refractivity contribution in [3.8, 4) is 22.6 Å². The maximum atomic E-state index is 11.2. The molecule has 0 aliphatic carbocycles. The van der Waals surface area contributed by atoms with Crippen molar-refractivity contribution in [3.05, 3.63) is 42.2 Å². The van der Waals surface area contributed by atoms with E-state index in [0.29, 0.717) is 29.0 Å². The molecule has 10 heteroatoms. The Bertz CT molecular complexity index is 790. The largest absolute Gasteiger partial charge is 0.524 e. The molecule has 0 aromatic heterocycles. The second-order valence-corrected chi connectivity index (χ2v) is 8.68. The van der Waals surface area contributed by atoms with E-state index >= 15 is 0 Å². The predicted molar refractivity (Wildman–Crippen MR) is 97.0 cm³/mol. The Kier molecular flexibility index (Phi) is 5.81. The highest BCUT2D eigenvalue weighted by Crippen LogP contribution is 2.50. The molecule has 0 atom stereocenters. The lowest BCUT2D eigenvalue weighted by atomic mass is 10.0. The van der Waals surface area contributed by atoms with Crippen LogP contribution in [0.4, 0.5) is 0 Å². The zero-order valence-corrected chi connectivity index (χ0v) is 17.7. The van der Waals surface area contributed by atoms with E-state index in [9.17, 15) is 9.67 Å². The van der Waals surface area contributed by atoms with Crippen molar-refractivity contribution in [3.63, 3.8) is 0 Å². The van der Waals surface area contributed by atoms with E-state index in [2.05, 4.69) is 63.7 Å². The van der Waals surface area contributed by atoms with Gasteiger partial charge in [-0.2, -0.15) is 0 Å². The molecule has 0 radical (unpaired) electrons. The van der Waals surface area contributed by atoms with E-state index in [-0.39, 0.29) is 11.5 Å². The van der Waals surface area contributed by atoms with E-state index in [1.807, 2.05) is 0 Å². The summed E-state index contributed by atoms with van der Waals surface area (Å²) in [6.07, 6.45) is 0. The van der Waals surface area contributed by atoms with Crippen molar-refractivity contribution >= 4 is 71.5 Å². The number of halogens is 4. The van der Waals surface area contributed by atoms with E-state index in [1.165, 1.54) is 0 Å². The highest BCUT2D eigenvalue weighted by Gasteiger charge is 2.24. The second-order valence-electron chi connectivity index (χ2n) is 4.10. The molecular weight excluding hydrogens is 575 g/mol. The molecule has 0 saturated carbocycles. The van der Waals surface area contributed by atoms with E-state index in [4.69, 9.17) is 14.3 Å². The third-order valence-corrected chi connectivity index (χ3v) is 6.04. The van der Waals surface area contributed by atoms with Crippen LogP contribution in [0.1, 0.15) is 0 Å². The number of phenols is 1. The molecule has 0 aliphatic heterocycles. The minimum absolute atomic E-state index is 0.0685. The van der Waals surface area contributed by atoms with Gasteiger partial charge in [0.25, 0.3) is 0 Å². The van der Waals surface area contributed by atoms with Crippen LogP contribution in [0.25, 0.3) is 11.1 Å². The van der Waals surface area contributed by atoms with Gasteiger partial charge in [0.05, 0.1) is 8.95 Å². The number of phosphoric ester groups is 1. The van der Waals surface area contributed by atoms with Crippen LogP contribution in [0.2, 0.25) is 0 Å². The smallest absolute Gasteiger partial charge is 0.506 e. The van der Waals surface area contributed by atoms with Crippen molar-refractivity contribution in [1.29, 1.82) is 0 Å². The maximum Gasteiger partial charge on any atom is 0.524 e. The molecule has 0 bridgehead atoms. The quantitative estimate of drug-likeness (QED) is 0.412. The van der Waals surface area contributed by atoms with Crippen LogP contribution in [0, 0.1) is 0 Å². The van der Waals surface area contributed by atoms with E-state index in [0.717, 1.165) is 0 Å². The lowest BCUT2D eigenvalue weighted by Gasteiger charge is -2.16. The highest BCUT2D eigenvalue weighted by atomic mass is 79.9. The average Bonchev–Trinajstić information content (AvgIpc) is 2.38. The van der Waals surface area contributed by atoms with Crippen LogP contribution in [0.3, 0.4) is 0 Å². The zero-order chi connectivity index (χ0) is 16.7. The number of phosphoric acid groups is 1. The summed E-state index contributed by atoms with van der Waals surface area (Å²) in [5.74, 6) is -0.156.